The van der Waals surface area contributed by atoms with Gasteiger partial charge in [-0.3, -0.25) is 0 Å². The first-order valence-corrected chi connectivity index (χ1v) is 24.4. The average Bonchev–Trinajstić information content (AvgIpc) is 3.73. The van der Waals surface area contributed by atoms with Gasteiger partial charge in [-0.15, -0.1) is 0 Å². The predicted molar refractivity (Wildman–Crippen MR) is 280 cm³/mol. The van der Waals surface area contributed by atoms with E-state index in [1.807, 2.05) is 0 Å². The molecule has 0 fully saturated rings. The van der Waals surface area contributed by atoms with Crippen molar-refractivity contribution in [1.29, 1.82) is 0 Å². The fourth-order valence-corrected chi connectivity index (χ4v) is 15.3. The van der Waals surface area contributed by atoms with Crippen LogP contribution in [-0.4, -0.2) is 12.6 Å². The van der Waals surface area contributed by atoms with E-state index in [4.69, 9.17) is 0 Å². The highest BCUT2D eigenvalue weighted by Gasteiger charge is 2.41. The molecule has 0 saturated carbocycles. The zero-order valence-corrected chi connectivity index (χ0v) is 36.8. The second-order valence-electron chi connectivity index (χ2n) is 16.8. The number of para-hydroxylation sites is 2. The standard InChI is InChI=1S/C62H44N2Si/c1-5-22-47(23-6-1)64-59-37-18-17-35-58(59)62-55(36-20-38-60(62)64)45-39-41-48(42-40-45)63(61-43-46-21-13-14-32-54(46)56-33-15-16-34-57(56)61)49-24-19-31-53(44-49)65(50-25-7-2-8-26-50,51-27-9-3-10-28-51)52-29-11-4-12-30-52/h1-44H. The SMILES string of the molecule is c1ccc(-n2c3ccccc3c3c(-c4ccc(N(c5cccc([Si](c6ccccc6)(c6ccccc6)c6ccccc6)c5)c5cc6ccccc6c6ccccc56)cc4)cccc32)cc1. The molecule has 3 heteroatoms. The maximum atomic E-state index is 2.49. The molecule has 11 aromatic carbocycles. The number of hydrogen-bond acceptors (Lipinski definition) is 1. The molecule has 0 saturated heterocycles. The van der Waals surface area contributed by atoms with Crippen molar-refractivity contribution in [3.8, 4) is 16.8 Å². The van der Waals surface area contributed by atoms with Crippen molar-refractivity contribution in [3.63, 3.8) is 0 Å². The second-order valence-corrected chi connectivity index (χ2v) is 20.6. The van der Waals surface area contributed by atoms with Gasteiger partial charge >= 0.3 is 0 Å². The van der Waals surface area contributed by atoms with Crippen LogP contribution in [0.4, 0.5) is 17.1 Å². The molecule has 12 aromatic rings. The van der Waals surface area contributed by atoms with E-state index >= 15 is 0 Å². The van der Waals surface area contributed by atoms with Crippen molar-refractivity contribution >= 4 is 89.2 Å². The van der Waals surface area contributed by atoms with E-state index in [9.17, 15) is 0 Å². The van der Waals surface area contributed by atoms with Gasteiger partial charge < -0.3 is 9.47 Å². The topological polar surface area (TPSA) is 8.17 Å². The van der Waals surface area contributed by atoms with Gasteiger partial charge in [-0.05, 0) is 103 Å². The Labute approximate surface area is 380 Å². The quantitative estimate of drug-likeness (QED) is 0.0798. The molecule has 0 bridgehead atoms. The minimum atomic E-state index is -2.83. The van der Waals surface area contributed by atoms with Gasteiger partial charge in [0, 0.05) is 33.2 Å². The van der Waals surface area contributed by atoms with Gasteiger partial charge in [-0.2, -0.15) is 0 Å². The van der Waals surface area contributed by atoms with E-state index in [1.54, 1.807) is 0 Å². The Morgan fingerprint density at radius 1 is 0.323 bits per heavy atom. The fourth-order valence-electron chi connectivity index (χ4n) is 10.5. The molecule has 0 N–H and O–H groups in total. The Kier molecular flexibility index (Phi) is 9.55. The molecule has 0 aliphatic heterocycles. The summed E-state index contributed by atoms with van der Waals surface area (Å²) in [5.41, 5.74) is 9.30. The van der Waals surface area contributed by atoms with E-state index in [0.717, 1.165) is 22.7 Å². The number of nitrogens with zero attached hydrogens (tertiary/aromatic N) is 2. The van der Waals surface area contributed by atoms with Crippen LogP contribution in [0.15, 0.2) is 267 Å². The number of anilines is 3. The largest absolute Gasteiger partial charge is 0.310 e. The normalized spacial score (nSPS) is 11.7. The lowest BCUT2D eigenvalue weighted by Gasteiger charge is -2.35. The lowest BCUT2D eigenvalue weighted by Crippen LogP contribution is -2.74. The van der Waals surface area contributed by atoms with Crippen LogP contribution in [-0.2, 0) is 0 Å². The predicted octanol–water partition coefficient (Wildman–Crippen LogP) is 13.6. The van der Waals surface area contributed by atoms with Gasteiger partial charge in [0.1, 0.15) is 0 Å². The summed E-state index contributed by atoms with van der Waals surface area (Å²) in [7, 11) is -2.83. The molecule has 0 atom stereocenters. The van der Waals surface area contributed by atoms with Gasteiger partial charge in [0.15, 0.2) is 8.07 Å². The Morgan fingerprint density at radius 3 is 1.49 bits per heavy atom. The first kappa shape index (κ1) is 38.4. The Hall–Kier alpha value is -8.24. The van der Waals surface area contributed by atoms with E-state index in [2.05, 4.69) is 276 Å². The number of benzene rings is 11. The molecule has 65 heavy (non-hydrogen) atoms. The molecule has 12 rings (SSSR count). The highest BCUT2D eigenvalue weighted by Crippen LogP contribution is 2.44. The molecule has 0 aliphatic carbocycles. The molecule has 1 heterocycles. The lowest BCUT2D eigenvalue weighted by molar-refractivity contribution is 1.18. The van der Waals surface area contributed by atoms with Crippen molar-refractivity contribution < 1.29 is 0 Å². The summed E-state index contributed by atoms with van der Waals surface area (Å²) >= 11 is 0. The van der Waals surface area contributed by atoms with Gasteiger partial charge in [0.25, 0.3) is 0 Å². The summed E-state index contributed by atoms with van der Waals surface area (Å²) in [6.45, 7) is 0. The van der Waals surface area contributed by atoms with E-state index in [0.29, 0.717) is 0 Å². The maximum absolute atomic E-state index is 2.83. The smallest absolute Gasteiger partial charge is 0.179 e. The summed E-state index contributed by atoms with van der Waals surface area (Å²) in [4.78, 5) is 2.49. The molecule has 0 amide bonds. The highest BCUT2D eigenvalue weighted by molar-refractivity contribution is 7.19. The number of fused-ring (bicyclic) bond motifs is 6. The maximum Gasteiger partial charge on any atom is 0.179 e. The number of aromatic nitrogens is 1. The van der Waals surface area contributed by atoms with Crippen molar-refractivity contribution in [3.05, 3.63) is 267 Å². The molecule has 1 aromatic heterocycles. The zero-order valence-electron chi connectivity index (χ0n) is 35.8. The number of rotatable bonds is 9. The highest BCUT2D eigenvalue weighted by atomic mass is 28.3. The Morgan fingerprint density at radius 2 is 0.831 bits per heavy atom. The summed E-state index contributed by atoms with van der Waals surface area (Å²) < 4.78 is 2.39. The van der Waals surface area contributed by atoms with Crippen molar-refractivity contribution in [1.82, 2.24) is 4.57 Å². The van der Waals surface area contributed by atoms with Gasteiger partial charge in [-0.1, -0.05) is 212 Å². The monoisotopic (exact) mass is 844 g/mol. The van der Waals surface area contributed by atoms with Crippen LogP contribution < -0.4 is 25.6 Å². The van der Waals surface area contributed by atoms with Crippen LogP contribution in [0.1, 0.15) is 0 Å². The van der Waals surface area contributed by atoms with Gasteiger partial charge in [-0.25, -0.2) is 0 Å². The average molecular weight is 845 g/mol. The Balaban J connectivity index is 1.09. The molecule has 0 spiro atoms. The minimum Gasteiger partial charge on any atom is -0.310 e. The third-order valence-electron chi connectivity index (χ3n) is 13.3. The third kappa shape index (κ3) is 6.39. The molecule has 0 unspecified atom stereocenters. The van der Waals surface area contributed by atoms with Crippen LogP contribution in [0.25, 0.3) is 60.2 Å². The molecule has 0 radical (unpaired) electrons. The summed E-state index contributed by atoms with van der Waals surface area (Å²) in [5.74, 6) is 0. The fraction of sp³-hybridized carbons (Fsp3) is 0. The van der Waals surface area contributed by atoms with Crippen LogP contribution in [0.3, 0.4) is 0 Å². The van der Waals surface area contributed by atoms with Crippen molar-refractivity contribution in [2.24, 2.45) is 0 Å². The molecule has 306 valence electrons. The van der Waals surface area contributed by atoms with Crippen LogP contribution in [0.2, 0.25) is 0 Å². The molecule has 2 nitrogen and oxygen atoms in total. The molecule has 0 aliphatic rings. The third-order valence-corrected chi connectivity index (χ3v) is 18.1. The first-order chi connectivity index (χ1) is 32.3. The summed E-state index contributed by atoms with van der Waals surface area (Å²) in [5, 5.41) is 12.8. The van der Waals surface area contributed by atoms with E-state index < -0.39 is 8.07 Å². The van der Waals surface area contributed by atoms with E-state index in [-0.39, 0.29) is 0 Å². The van der Waals surface area contributed by atoms with Crippen molar-refractivity contribution in [2.45, 2.75) is 0 Å². The minimum absolute atomic E-state index is 1.09. The van der Waals surface area contributed by atoms with Crippen molar-refractivity contribution in [2.75, 3.05) is 4.90 Å². The van der Waals surface area contributed by atoms with E-state index in [1.165, 1.54) is 75.2 Å². The van der Waals surface area contributed by atoms with Crippen LogP contribution in [0.5, 0.6) is 0 Å². The van der Waals surface area contributed by atoms with Gasteiger partial charge in [0.05, 0.1) is 16.7 Å². The zero-order chi connectivity index (χ0) is 43.2. The first-order valence-electron chi connectivity index (χ1n) is 22.4. The molecular weight excluding hydrogens is 801 g/mol. The second kappa shape index (κ2) is 16.1. The summed E-state index contributed by atoms with van der Waals surface area (Å²) in [6, 6.07) is 98.5. The van der Waals surface area contributed by atoms with Crippen LogP contribution in [0, 0.1) is 0 Å². The lowest BCUT2D eigenvalue weighted by atomic mass is 9.97. The van der Waals surface area contributed by atoms with Gasteiger partial charge in [0.2, 0.25) is 0 Å². The summed E-state index contributed by atoms with van der Waals surface area (Å²) in [6.07, 6.45) is 0. The number of hydrogen-bond donors (Lipinski definition) is 0. The van der Waals surface area contributed by atoms with Crippen LogP contribution >= 0.6 is 0 Å². The Bertz CT molecular complexity index is 3540. The molecular formula is C62H44N2Si.